The first-order chi connectivity index (χ1) is 15.8. The van der Waals surface area contributed by atoms with Crippen molar-refractivity contribution in [1.82, 2.24) is 24.8 Å². The Morgan fingerprint density at radius 2 is 2.09 bits per heavy atom. The SMILES string of the molecule is COc1ccc2oc([C@@H]3c4nc[nH]c4CC4C(F)c5nc(C(C)(C)O)oc5C(=O)N43)nc2c1. The number of carbonyl (C=O) groups excluding carboxylic acids is 1. The van der Waals surface area contributed by atoms with Crippen molar-refractivity contribution in [2.75, 3.05) is 7.11 Å². The minimum atomic E-state index is -1.64. The number of methoxy groups -OCH3 is 1. The van der Waals surface area contributed by atoms with Gasteiger partial charge in [-0.05, 0) is 26.0 Å². The smallest absolute Gasteiger partial charge is 0.293 e. The van der Waals surface area contributed by atoms with Crippen molar-refractivity contribution in [2.24, 2.45) is 0 Å². The van der Waals surface area contributed by atoms with Crippen LogP contribution in [0, 0.1) is 0 Å². The van der Waals surface area contributed by atoms with E-state index in [2.05, 4.69) is 19.9 Å². The lowest BCUT2D eigenvalue weighted by molar-refractivity contribution is 0.0237. The van der Waals surface area contributed by atoms with Crippen molar-refractivity contribution in [3.63, 3.8) is 0 Å². The summed E-state index contributed by atoms with van der Waals surface area (Å²) < 4.78 is 32.6. The fourth-order valence-corrected chi connectivity index (χ4v) is 4.51. The number of amides is 1. The van der Waals surface area contributed by atoms with Crippen LogP contribution in [0.5, 0.6) is 5.75 Å². The standard InChI is InChI=1S/C22H20FN5O5/c1-22(2,30)21-27-16-14(23)12-7-11-15(25-8-24-11)17(28(12)20(29)18(16)33-21)19-26-10-6-9(31-3)4-5-13(10)32-19/h4-6,8,12,14,17,30H,7H2,1-3H3,(H,24,25)/t12?,14?,17-/m0/s1. The number of oxazole rings is 2. The number of halogens is 1. The van der Waals surface area contributed by atoms with Gasteiger partial charge in [-0.15, -0.1) is 0 Å². The third-order valence-corrected chi connectivity index (χ3v) is 6.11. The molecular weight excluding hydrogens is 433 g/mol. The maximum absolute atomic E-state index is 15.8. The molecule has 5 heterocycles. The number of imidazole rings is 1. The van der Waals surface area contributed by atoms with Crippen LogP contribution < -0.4 is 4.74 Å². The second-order valence-electron chi connectivity index (χ2n) is 8.73. The first-order valence-electron chi connectivity index (χ1n) is 10.4. The van der Waals surface area contributed by atoms with Gasteiger partial charge in [0.15, 0.2) is 17.8 Å². The highest BCUT2D eigenvalue weighted by Gasteiger charge is 2.53. The summed E-state index contributed by atoms with van der Waals surface area (Å²) in [5.74, 6) is -0.122. The first-order valence-corrected chi connectivity index (χ1v) is 10.4. The van der Waals surface area contributed by atoms with Gasteiger partial charge in [0, 0.05) is 18.2 Å². The van der Waals surface area contributed by atoms with Gasteiger partial charge in [0.05, 0.1) is 25.2 Å². The van der Waals surface area contributed by atoms with Crippen molar-refractivity contribution in [3.05, 3.63) is 59.1 Å². The number of hydrogen-bond acceptors (Lipinski definition) is 8. The van der Waals surface area contributed by atoms with Gasteiger partial charge >= 0.3 is 0 Å². The van der Waals surface area contributed by atoms with Crippen LogP contribution in [-0.2, 0) is 12.0 Å². The number of aliphatic hydroxyl groups is 1. The first kappa shape index (κ1) is 19.9. The lowest BCUT2D eigenvalue weighted by Crippen LogP contribution is -2.52. The normalized spacial score (nSPS) is 22.3. The van der Waals surface area contributed by atoms with Gasteiger partial charge in [0.1, 0.15) is 22.6 Å². The van der Waals surface area contributed by atoms with Gasteiger partial charge in [0.2, 0.25) is 17.5 Å². The summed E-state index contributed by atoms with van der Waals surface area (Å²) in [6.07, 6.45) is 0.0690. The molecule has 1 aromatic carbocycles. The Balaban J connectivity index is 1.52. The van der Waals surface area contributed by atoms with E-state index in [9.17, 15) is 9.90 Å². The minimum absolute atomic E-state index is 0.109. The number of ether oxygens (including phenoxy) is 1. The molecule has 3 aromatic heterocycles. The number of nitrogens with zero attached hydrogens (tertiary/aromatic N) is 4. The highest BCUT2D eigenvalue weighted by Crippen LogP contribution is 2.46. The summed E-state index contributed by atoms with van der Waals surface area (Å²) in [7, 11) is 1.55. The van der Waals surface area contributed by atoms with Crippen LogP contribution >= 0.6 is 0 Å². The van der Waals surface area contributed by atoms with Crippen LogP contribution in [0.4, 0.5) is 4.39 Å². The molecule has 0 radical (unpaired) electrons. The Labute approximate surface area is 186 Å². The number of nitrogens with one attached hydrogen (secondary N) is 1. The second kappa shape index (κ2) is 6.64. The van der Waals surface area contributed by atoms with E-state index in [1.165, 1.54) is 25.1 Å². The van der Waals surface area contributed by atoms with Crippen molar-refractivity contribution in [3.8, 4) is 5.75 Å². The molecule has 1 amide bonds. The van der Waals surface area contributed by atoms with Crippen molar-refractivity contribution in [2.45, 2.75) is 44.1 Å². The third-order valence-electron chi connectivity index (χ3n) is 6.11. The Kier molecular flexibility index (Phi) is 4.01. The molecule has 33 heavy (non-hydrogen) atoms. The maximum atomic E-state index is 15.8. The molecule has 6 rings (SSSR count). The summed E-state index contributed by atoms with van der Waals surface area (Å²) in [6.45, 7) is 2.92. The average molecular weight is 453 g/mol. The number of aromatic nitrogens is 4. The molecule has 0 saturated carbocycles. The second-order valence-corrected chi connectivity index (χ2v) is 8.73. The molecule has 0 saturated heterocycles. The van der Waals surface area contributed by atoms with Gasteiger partial charge in [-0.3, -0.25) is 4.79 Å². The summed E-state index contributed by atoms with van der Waals surface area (Å²) in [6, 6.07) is 3.42. The van der Waals surface area contributed by atoms with Crippen LogP contribution in [0.25, 0.3) is 11.1 Å². The van der Waals surface area contributed by atoms with Crippen molar-refractivity contribution < 1.29 is 27.9 Å². The number of carbonyl (C=O) groups is 1. The highest BCUT2D eigenvalue weighted by atomic mass is 19.1. The zero-order chi connectivity index (χ0) is 23.1. The fraction of sp³-hybridized carbons (Fsp3) is 0.364. The Hall–Kier alpha value is -3.73. The third kappa shape index (κ3) is 2.81. The molecule has 170 valence electrons. The van der Waals surface area contributed by atoms with Gasteiger partial charge in [-0.2, -0.15) is 0 Å². The summed E-state index contributed by atoms with van der Waals surface area (Å²) in [5, 5.41) is 10.3. The van der Waals surface area contributed by atoms with E-state index < -0.39 is 29.8 Å². The quantitative estimate of drug-likeness (QED) is 0.484. The molecule has 2 N–H and O–H groups in total. The maximum Gasteiger partial charge on any atom is 0.293 e. The molecule has 10 nitrogen and oxygen atoms in total. The van der Waals surface area contributed by atoms with Crippen LogP contribution in [0.1, 0.15) is 65.5 Å². The molecule has 0 fully saturated rings. The molecule has 11 heteroatoms. The number of rotatable bonds is 3. The van der Waals surface area contributed by atoms with Crippen LogP contribution in [0.2, 0.25) is 0 Å². The van der Waals surface area contributed by atoms with E-state index in [0.717, 1.165) is 0 Å². The molecule has 2 aliphatic heterocycles. The zero-order valence-electron chi connectivity index (χ0n) is 18.0. The van der Waals surface area contributed by atoms with Crippen molar-refractivity contribution >= 4 is 17.0 Å². The number of benzene rings is 1. The zero-order valence-corrected chi connectivity index (χ0v) is 18.0. The summed E-state index contributed by atoms with van der Waals surface area (Å²) in [5.41, 5.74) is 0.664. The Morgan fingerprint density at radius 1 is 1.27 bits per heavy atom. The lowest BCUT2D eigenvalue weighted by Gasteiger charge is -2.42. The Bertz CT molecular complexity index is 1400. The van der Waals surface area contributed by atoms with Gasteiger partial charge < -0.3 is 28.6 Å². The number of alkyl halides is 1. The number of hydrogen-bond donors (Lipinski definition) is 2. The highest BCUT2D eigenvalue weighted by molar-refractivity contribution is 5.95. The van der Waals surface area contributed by atoms with E-state index in [4.69, 9.17) is 13.6 Å². The predicted octanol–water partition coefficient (Wildman–Crippen LogP) is 2.96. The van der Waals surface area contributed by atoms with E-state index in [1.807, 2.05) is 0 Å². The Morgan fingerprint density at radius 3 is 2.85 bits per heavy atom. The van der Waals surface area contributed by atoms with Gasteiger partial charge in [0.25, 0.3) is 5.91 Å². The molecule has 0 spiro atoms. The van der Waals surface area contributed by atoms with Crippen LogP contribution in [0.15, 0.2) is 33.4 Å². The minimum Gasteiger partial charge on any atom is -0.497 e. The molecule has 4 aromatic rings. The molecule has 3 atom stereocenters. The largest absolute Gasteiger partial charge is 0.497 e. The summed E-state index contributed by atoms with van der Waals surface area (Å²) in [4.78, 5) is 31.1. The van der Waals surface area contributed by atoms with E-state index in [1.54, 1.807) is 25.3 Å². The van der Waals surface area contributed by atoms with E-state index in [0.29, 0.717) is 28.2 Å². The number of aromatic amines is 1. The van der Waals surface area contributed by atoms with Gasteiger partial charge in [-0.1, -0.05) is 0 Å². The lowest BCUT2D eigenvalue weighted by atomic mass is 9.88. The molecule has 0 bridgehead atoms. The van der Waals surface area contributed by atoms with E-state index >= 15 is 4.39 Å². The molecule has 2 unspecified atom stereocenters. The van der Waals surface area contributed by atoms with Crippen LogP contribution in [0.3, 0.4) is 0 Å². The number of fused-ring (bicyclic) bond motifs is 4. The molecule has 0 aliphatic carbocycles. The van der Waals surface area contributed by atoms with Crippen LogP contribution in [-0.4, -0.2) is 49.0 Å². The van der Waals surface area contributed by atoms with Gasteiger partial charge in [-0.25, -0.2) is 19.3 Å². The fourth-order valence-electron chi connectivity index (χ4n) is 4.51. The monoisotopic (exact) mass is 453 g/mol. The average Bonchev–Trinajstić information content (AvgIpc) is 3.52. The summed E-state index contributed by atoms with van der Waals surface area (Å²) >= 11 is 0. The van der Waals surface area contributed by atoms with E-state index in [-0.39, 0.29) is 29.7 Å². The number of H-pyrrole nitrogens is 1. The molecule has 2 aliphatic rings. The molecular formula is C22H20FN5O5. The van der Waals surface area contributed by atoms with Crippen molar-refractivity contribution in [1.29, 1.82) is 0 Å². The topological polar surface area (TPSA) is 131 Å². The predicted molar refractivity (Wildman–Crippen MR) is 110 cm³/mol.